The van der Waals surface area contributed by atoms with Gasteiger partial charge in [0.25, 0.3) is 5.91 Å². The SMILES string of the molecule is CC(C)(C)NC(=O)c1ccc(NC(=O)CCN2C(=O)CSc3ccccc32)cc1. The van der Waals surface area contributed by atoms with E-state index in [4.69, 9.17) is 0 Å². The molecule has 0 fully saturated rings. The minimum Gasteiger partial charge on any atom is -0.347 e. The zero-order valence-electron chi connectivity index (χ0n) is 16.8. The first-order valence-corrected chi connectivity index (χ1v) is 10.5. The van der Waals surface area contributed by atoms with Gasteiger partial charge in [0.15, 0.2) is 0 Å². The Morgan fingerprint density at radius 3 is 2.45 bits per heavy atom. The van der Waals surface area contributed by atoms with E-state index in [1.165, 1.54) is 11.8 Å². The minimum absolute atomic E-state index is 0.00992. The second-order valence-corrected chi connectivity index (χ2v) is 8.90. The molecule has 0 saturated carbocycles. The molecule has 152 valence electrons. The van der Waals surface area contributed by atoms with Crippen molar-refractivity contribution in [2.45, 2.75) is 37.6 Å². The highest BCUT2D eigenvalue weighted by atomic mass is 32.2. The fourth-order valence-electron chi connectivity index (χ4n) is 2.95. The highest BCUT2D eigenvalue weighted by molar-refractivity contribution is 8.00. The van der Waals surface area contributed by atoms with Crippen molar-refractivity contribution in [1.82, 2.24) is 5.32 Å². The monoisotopic (exact) mass is 411 g/mol. The minimum atomic E-state index is -0.313. The molecule has 1 aliphatic rings. The van der Waals surface area contributed by atoms with Gasteiger partial charge in [-0.15, -0.1) is 11.8 Å². The summed E-state index contributed by atoms with van der Waals surface area (Å²) in [7, 11) is 0. The summed E-state index contributed by atoms with van der Waals surface area (Å²) >= 11 is 1.52. The van der Waals surface area contributed by atoms with E-state index in [1.54, 1.807) is 29.2 Å². The molecule has 0 spiro atoms. The first-order valence-electron chi connectivity index (χ1n) is 9.47. The summed E-state index contributed by atoms with van der Waals surface area (Å²) in [6, 6.07) is 14.5. The van der Waals surface area contributed by atoms with Crippen molar-refractivity contribution < 1.29 is 14.4 Å². The van der Waals surface area contributed by atoms with Crippen LogP contribution in [0.4, 0.5) is 11.4 Å². The summed E-state index contributed by atoms with van der Waals surface area (Å²) in [5.41, 5.74) is 1.69. The molecule has 0 aromatic heterocycles. The van der Waals surface area contributed by atoms with Crippen LogP contribution in [-0.4, -0.2) is 35.6 Å². The quantitative estimate of drug-likeness (QED) is 0.787. The Bertz CT molecular complexity index is 920. The van der Waals surface area contributed by atoms with Crippen molar-refractivity contribution in [3.05, 3.63) is 54.1 Å². The van der Waals surface area contributed by atoms with Crippen molar-refractivity contribution in [2.24, 2.45) is 0 Å². The first kappa shape index (κ1) is 20.9. The zero-order valence-corrected chi connectivity index (χ0v) is 17.6. The van der Waals surface area contributed by atoms with Crippen LogP contribution in [0.3, 0.4) is 0 Å². The summed E-state index contributed by atoms with van der Waals surface area (Å²) in [6.07, 6.45) is 0.191. The first-order chi connectivity index (χ1) is 13.7. The number of thioether (sulfide) groups is 1. The van der Waals surface area contributed by atoms with Crippen LogP contribution >= 0.6 is 11.8 Å². The van der Waals surface area contributed by atoms with E-state index in [2.05, 4.69) is 10.6 Å². The van der Waals surface area contributed by atoms with Gasteiger partial charge in [-0.05, 0) is 57.2 Å². The predicted octanol–water partition coefficient (Wildman–Crippen LogP) is 3.68. The summed E-state index contributed by atoms with van der Waals surface area (Å²) in [4.78, 5) is 39.5. The Morgan fingerprint density at radius 2 is 1.76 bits per heavy atom. The van der Waals surface area contributed by atoms with Crippen LogP contribution in [0, 0.1) is 0 Å². The summed E-state index contributed by atoms with van der Waals surface area (Å²) < 4.78 is 0. The Kier molecular flexibility index (Phi) is 6.27. The van der Waals surface area contributed by atoms with Crippen LogP contribution in [0.5, 0.6) is 0 Å². The van der Waals surface area contributed by atoms with Crippen LogP contribution in [0.15, 0.2) is 53.4 Å². The molecule has 2 N–H and O–H groups in total. The van der Waals surface area contributed by atoms with Gasteiger partial charge in [-0.2, -0.15) is 0 Å². The number of benzene rings is 2. The molecule has 29 heavy (non-hydrogen) atoms. The smallest absolute Gasteiger partial charge is 0.251 e. The fourth-order valence-corrected chi connectivity index (χ4v) is 3.89. The van der Waals surface area contributed by atoms with Gasteiger partial charge < -0.3 is 15.5 Å². The topological polar surface area (TPSA) is 78.5 Å². The van der Waals surface area contributed by atoms with E-state index in [0.29, 0.717) is 23.5 Å². The number of carbonyl (C=O) groups excluding carboxylic acids is 3. The molecule has 1 heterocycles. The lowest BCUT2D eigenvalue weighted by Gasteiger charge is -2.28. The van der Waals surface area contributed by atoms with Crippen molar-refractivity contribution in [1.29, 1.82) is 0 Å². The number of para-hydroxylation sites is 1. The largest absolute Gasteiger partial charge is 0.347 e. The van der Waals surface area contributed by atoms with Crippen molar-refractivity contribution in [3.8, 4) is 0 Å². The maximum atomic E-state index is 12.3. The predicted molar refractivity (Wildman–Crippen MR) is 116 cm³/mol. The number of carbonyl (C=O) groups is 3. The third-order valence-electron chi connectivity index (χ3n) is 4.29. The lowest BCUT2D eigenvalue weighted by Crippen LogP contribution is -2.40. The molecular formula is C22H25N3O3S. The van der Waals surface area contributed by atoms with E-state index in [0.717, 1.165) is 10.6 Å². The lowest BCUT2D eigenvalue weighted by atomic mass is 10.1. The van der Waals surface area contributed by atoms with Gasteiger partial charge >= 0.3 is 0 Å². The van der Waals surface area contributed by atoms with E-state index in [-0.39, 0.29) is 29.7 Å². The number of hydrogen-bond donors (Lipinski definition) is 2. The van der Waals surface area contributed by atoms with Crippen LogP contribution < -0.4 is 15.5 Å². The van der Waals surface area contributed by atoms with Gasteiger partial charge in [-0.3, -0.25) is 14.4 Å². The van der Waals surface area contributed by atoms with Crippen molar-refractivity contribution in [2.75, 3.05) is 22.5 Å². The molecule has 6 nitrogen and oxygen atoms in total. The van der Waals surface area contributed by atoms with Crippen molar-refractivity contribution in [3.63, 3.8) is 0 Å². The highest BCUT2D eigenvalue weighted by Gasteiger charge is 2.24. The number of nitrogens with zero attached hydrogens (tertiary/aromatic N) is 1. The summed E-state index contributed by atoms with van der Waals surface area (Å²) in [5.74, 6) is 0.0585. The van der Waals surface area contributed by atoms with Gasteiger partial charge in [0.05, 0.1) is 11.4 Å². The van der Waals surface area contributed by atoms with Gasteiger partial charge in [0, 0.05) is 34.7 Å². The normalized spacial score (nSPS) is 13.6. The van der Waals surface area contributed by atoms with Gasteiger partial charge in [0.1, 0.15) is 0 Å². The van der Waals surface area contributed by atoms with Gasteiger partial charge in [-0.1, -0.05) is 12.1 Å². The van der Waals surface area contributed by atoms with Crippen LogP contribution in [0.2, 0.25) is 0 Å². The average molecular weight is 412 g/mol. The molecule has 3 rings (SSSR count). The zero-order chi connectivity index (χ0) is 21.0. The van der Waals surface area contributed by atoms with E-state index >= 15 is 0 Å². The maximum absolute atomic E-state index is 12.3. The molecule has 1 aliphatic heterocycles. The van der Waals surface area contributed by atoms with Crippen LogP contribution in [0.1, 0.15) is 37.6 Å². The fraction of sp³-hybridized carbons (Fsp3) is 0.318. The standard InChI is InChI=1S/C22H25N3O3S/c1-22(2,3)24-21(28)15-8-10-16(11-9-15)23-19(26)12-13-25-17-6-4-5-7-18(17)29-14-20(25)27/h4-11H,12-14H2,1-3H3,(H,23,26)(H,24,28). The number of amides is 3. The summed E-state index contributed by atoms with van der Waals surface area (Å²) in [5, 5.41) is 5.72. The van der Waals surface area contributed by atoms with E-state index in [9.17, 15) is 14.4 Å². The molecule has 0 unspecified atom stereocenters. The third-order valence-corrected chi connectivity index (χ3v) is 5.34. The number of rotatable bonds is 5. The third kappa shape index (κ3) is 5.60. The molecule has 2 aromatic carbocycles. The molecule has 3 amide bonds. The molecule has 0 aliphatic carbocycles. The molecule has 7 heteroatoms. The Hall–Kier alpha value is -2.80. The second kappa shape index (κ2) is 8.69. The number of fused-ring (bicyclic) bond motifs is 1. The molecule has 2 aromatic rings. The Balaban J connectivity index is 1.56. The average Bonchev–Trinajstić information content (AvgIpc) is 2.66. The van der Waals surface area contributed by atoms with Crippen LogP contribution in [0.25, 0.3) is 0 Å². The van der Waals surface area contributed by atoms with E-state index in [1.807, 2.05) is 45.0 Å². The number of anilines is 2. The maximum Gasteiger partial charge on any atom is 0.251 e. The van der Waals surface area contributed by atoms with E-state index < -0.39 is 0 Å². The van der Waals surface area contributed by atoms with Gasteiger partial charge in [-0.25, -0.2) is 0 Å². The second-order valence-electron chi connectivity index (χ2n) is 7.88. The molecule has 0 radical (unpaired) electrons. The number of nitrogens with one attached hydrogen (secondary N) is 2. The summed E-state index contributed by atoms with van der Waals surface area (Å²) in [6.45, 7) is 6.09. The molecule has 0 atom stereocenters. The Labute approximate surface area is 175 Å². The molecular weight excluding hydrogens is 386 g/mol. The molecule has 0 bridgehead atoms. The Morgan fingerprint density at radius 1 is 1.07 bits per heavy atom. The van der Waals surface area contributed by atoms with Crippen LogP contribution in [-0.2, 0) is 9.59 Å². The van der Waals surface area contributed by atoms with Crippen molar-refractivity contribution >= 4 is 40.9 Å². The number of hydrogen-bond acceptors (Lipinski definition) is 4. The van der Waals surface area contributed by atoms with Gasteiger partial charge in [0.2, 0.25) is 11.8 Å². The lowest BCUT2D eigenvalue weighted by molar-refractivity contribution is -0.117. The molecule has 0 saturated heterocycles. The highest BCUT2D eigenvalue weighted by Crippen LogP contribution is 2.34.